The quantitative estimate of drug-likeness (QED) is 0.413. The van der Waals surface area contributed by atoms with Crippen molar-refractivity contribution in [2.45, 2.75) is 19.5 Å². The first kappa shape index (κ1) is 20.6. The smallest absolute Gasteiger partial charge is 0.317 e. The van der Waals surface area contributed by atoms with E-state index in [1.165, 1.54) is 27.3 Å². The zero-order valence-corrected chi connectivity index (χ0v) is 17.9. The van der Waals surface area contributed by atoms with Crippen LogP contribution < -0.4 is 11.2 Å². The van der Waals surface area contributed by atoms with Crippen LogP contribution in [0.4, 0.5) is 4.39 Å². The van der Waals surface area contributed by atoms with Gasteiger partial charge >= 0.3 is 5.69 Å². The van der Waals surface area contributed by atoms with Crippen LogP contribution in [0.1, 0.15) is 24.1 Å². The Morgan fingerprint density at radius 3 is 2.30 bits per heavy atom. The van der Waals surface area contributed by atoms with Crippen LogP contribution in [0, 0.1) is 5.82 Å². The number of fused-ring (bicyclic) bond motifs is 1. The molecule has 0 fully saturated rings. The fourth-order valence-corrected chi connectivity index (χ4v) is 4.09. The molecule has 5 rings (SSSR count). The Balaban J connectivity index is 1.81. The summed E-state index contributed by atoms with van der Waals surface area (Å²) < 4.78 is 18.3. The van der Waals surface area contributed by atoms with Crippen LogP contribution in [0.25, 0.3) is 16.9 Å². The van der Waals surface area contributed by atoms with E-state index in [0.29, 0.717) is 5.69 Å². The highest BCUT2D eigenvalue weighted by atomic mass is 19.1. The van der Waals surface area contributed by atoms with E-state index in [2.05, 4.69) is 4.98 Å². The molecular weight excluding hydrogens is 419 g/mol. The Hall–Kier alpha value is -4.26. The molecule has 3 aromatic carbocycles. The predicted octanol–water partition coefficient (Wildman–Crippen LogP) is 4.15. The van der Waals surface area contributed by atoms with Gasteiger partial charge in [-0.25, -0.2) is 18.7 Å². The third-order valence-corrected chi connectivity index (χ3v) is 5.81. The molecule has 0 amide bonds. The monoisotopic (exact) mass is 440 g/mol. The van der Waals surface area contributed by atoms with Gasteiger partial charge in [0.2, 0.25) is 0 Å². The summed E-state index contributed by atoms with van der Waals surface area (Å²) in [5, 5.41) is 0. The van der Waals surface area contributed by atoms with Crippen LogP contribution >= 0.6 is 0 Å². The number of rotatable bonds is 5. The van der Waals surface area contributed by atoms with Crippen molar-refractivity contribution in [3.05, 3.63) is 129 Å². The Kier molecular flexibility index (Phi) is 5.22. The van der Waals surface area contributed by atoms with Crippen molar-refractivity contribution in [3.8, 4) is 5.69 Å². The normalized spacial score (nSPS) is 12.2. The molecule has 2 heterocycles. The molecule has 0 aliphatic carbocycles. The maximum atomic E-state index is 14.1. The van der Waals surface area contributed by atoms with E-state index in [0.717, 1.165) is 11.1 Å². The summed E-state index contributed by atoms with van der Waals surface area (Å²) in [6.07, 6.45) is 1.56. The minimum absolute atomic E-state index is 0.0919. The average Bonchev–Trinajstić information content (AvgIpc) is 3.27. The average molecular weight is 440 g/mol. The molecule has 0 N–H and O–H groups in total. The molecule has 0 aliphatic heterocycles. The number of benzene rings is 3. The predicted molar refractivity (Wildman–Crippen MR) is 125 cm³/mol. The fraction of sp³-hybridized carbons (Fsp3) is 0.115. The molecule has 0 spiro atoms. The molecule has 1 atom stereocenters. The van der Waals surface area contributed by atoms with Gasteiger partial charge in [-0.1, -0.05) is 66.7 Å². The van der Waals surface area contributed by atoms with Crippen LogP contribution in [0.5, 0.6) is 0 Å². The number of imidazole rings is 1. The van der Waals surface area contributed by atoms with E-state index < -0.39 is 17.1 Å². The topological polar surface area (TPSA) is 61.8 Å². The van der Waals surface area contributed by atoms with E-state index in [1.807, 2.05) is 67.6 Å². The molecule has 0 saturated heterocycles. The second-order valence-corrected chi connectivity index (χ2v) is 7.89. The first-order valence-electron chi connectivity index (χ1n) is 10.6. The largest absolute Gasteiger partial charge is 0.337 e. The van der Waals surface area contributed by atoms with Gasteiger partial charge < -0.3 is 4.57 Å². The number of halogens is 1. The minimum Gasteiger partial charge on any atom is -0.317 e. The molecule has 33 heavy (non-hydrogen) atoms. The zero-order valence-electron chi connectivity index (χ0n) is 17.9. The van der Waals surface area contributed by atoms with E-state index in [4.69, 9.17) is 0 Å². The summed E-state index contributed by atoms with van der Waals surface area (Å²) >= 11 is 0. The third-order valence-electron chi connectivity index (χ3n) is 5.81. The maximum Gasteiger partial charge on any atom is 0.337 e. The first-order valence-corrected chi connectivity index (χ1v) is 10.6. The highest BCUT2D eigenvalue weighted by molar-refractivity contribution is 5.73. The highest BCUT2D eigenvalue weighted by Gasteiger charge is 2.22. The van der Waals surface area contributed by atoms with E-state index in [9.17, 15) is 14.0 Å². The molecule has 0 saturated carbocycles. The summed E-state index contributed by atoms with van der Waals surface area (Å²) in [5.41, 5.74) is 1.59. The third kappa shape index (κ3) is 3.67. The second kappa shape index (κ2) is 8.35. The SMILES string of the molecule is C[C@H](c1ccccc1)n1cnc2c1c(=O)n(Cc1ccccc1)c(=O)n2-c1cccc(F)c1. The van der Waals surface area contributed by atoms with Crippen LogP contribution in [0.15, 0.2) is 101 Å². The van der Waals surface area contributed by atoms with Gasteiger partial charge in [0.25, 0.3) is 5.56 Å². The Bertz CT molecular complexity index is 1550. The summed E-state index contributed by atoms with van der Waals surface area (Å²) in [6.45, 7) is 2.06. The lowest BCUT2D eigenvalue weighted by Gasteiger charge is -2.16. The molecule has 164 valence electrons. The van der Waals surface area contributed by atoms with Crippen molar-refractivity contribution in [2.24, 2.45) is 0 Å². The second-order valence-electron chi connectivity index (χ2n) is 7.89. The summed E-state index contributed by atoms with van der Waals surface area (Å²) in [7, 11) is 0. The summed E-state index contributed by atoms with van der Waals surface area (Å²) in [5.74, 6) is -0.481. The van der Waals surface area contributed by atoms with Crippen LogP contribution in [-0.4, -0.2) is 18.7 Å². The molecule has 0 bridgehead atoms. The van der Waals surface area contributed by atoms with Gasteiger partial charge in [0.15, 0.2) is 11.2 Å². The van der Waals surface area contributed by atoms with Gasteiger partial charge in [-0.05, 0) is 36.2 Å². The van der Waals surface area contributed by atoms with Crippen molar-refractivity contribution in [1.29, 1.82) is 0 Å². The van der Waals surface area contributed by atoms with Gasteiger partial charge in [0.05, 0.1) is 24.6 Å². The Morgan fingerprint density at radius 2 is 1.61 bits per heavy atom. The van der Waals surface area contributed by atoms with Gasteiger partial charge in [-0.3, -0.25) is 9.36 Å². The number of hydrogen-bond donors (Lipinski definition) is 0. The molecular formula is C26H21FN4O2. The van der Waals surface area contributed by atoms with Crippen molar-refractivity contribution in [1.82, 2.24) is 18.7 Å². The number of hydrogen-bond acceptors (Lipinski definition) is 3. The fourth-order valence-electron chi connectivity index (χ4n) is 4.09. The number of nitrogens with zero attached hydrogens (tertiary/aromatic N) is 4. The van der Waals surface area contributed by atoms with Crippen LogP contribution in [-0.2, 0) is 6.54 Å². The van der Waals surface area contributed by atoms with Crippen LogP contribution in [0.2, 0.25) is 0 Å². The Labute approximate surface area is 188 Å². The van der Waals surface area contributed by atoms with Crippen molar-refractivity contribution in [2.75, 3.05) is 0 Å². The lowest BCUT2D eigenvalue weighted by atomic mass is 10.1. The molecule has 6 nitrogen and oxygen atoms in total. The van der Waals surface area contributed by atoms with Gasteiger partial charge in [-0.15, -0.1) is 0 Å². The summed E-state index contributed by atoms with van der Waals surface area (Å²) in [4.78, 5) is 31.6. The van der Waals surface area contributed by atoms with E-state index >= 15 is 0 Å². The van der Waals surface area contributed by atoms with Crippen molar-refractivity contribution < 1.29 is 4.39 Å². The first-order chi connectivity index (χ1) is 16.0. The molecule has 0 aliphatic rings. The number of aromatic nitrogens is 4. The molecule has 7 heteroatoms. The van der Waals surface area contributed by atoms with E-state index in [1.54, 1.807) is 17.0 Å². The summed E-state index contributed by atoms with van der Waals surface area (Å²) in [6, 6.07) is 24.5. The molecule has 0 unspecified atom stereocenters. The van der Waals surface area contributed by atoms with Gasteiger partial charge in [0, 0.05) is 0 Å². The van der Waals surface area contributed by atoms with Crippen molar-refractivity contribution >= 4 is 11.2 Å². The molecule has 0 radical (unpaired) electrons. The lowest BCUT2D eigenvalue weighted by Crippen LogP contribution is -2.40. The maximum absolute atomic E-state index is 14.1. The van der Waals surface area contributed by atoms with Gasteiger partial charge in [-0.2, -0.15) is 0 Å². The van der Waals surface area contributed by atoms with Gasteiger partial charge in [0.1, 0.15) is 5.82 Å². The molecule has 5 aromatic rings. The molecule has 2 aromatic heterocycles. The highest BCUT2D eigenvalue weighted by Crippen LogP contribution is 2.22. The Morgan fingerprint density at radius 1 is 0.909 bits per heavy atom. The van der Waals surface area contributed by atoms with Crippen molar-refractivity contribution in [3.63, 3.8) is 0 Å². The standard InChI is InChI=1S/C26H21FN4O2/c1-18(20-11-6-3-7-12-20)30-17-28-24-23(30)25(32)29(16-19-9-4-2-5-10-19)26(33)31(24)22-14-8-13-21(27)15-22/h2-15,17-18H,16H2,1H3/t18-/m1/s1. The van der Waals surface area contributed by atoms with E-state index in [-0.39, 0.29) is 23.8 Å². The van der Waals surface area contributed by atoms with Crippen LogP contribution in [0.3, 0.4) is 0 Å². The minimum atomic E-state index is -0.570. The lowest BCUT2D eigenvalue weighted by molar-refractivity contribution is 0.623. The zero-order chi connectivity index (χ0) is 22.9.